The highest BCUT2D eigenvalue weighted by atomic mass is 16.2. The van der Waals surface area contributed by atoms with Crippen molar-refractivity contribution < 1.29 is 4.79 Å². The Morgan fingerprint density at radius 3 is 3.08 bits per heavy atom. The SMILES string of the molecule is CNCC(C)C(=O)Nc1ncc[nH]1. The lowest BCUT2D eigenvalue weighted by Crippen LogP contribution is -2.28. The molecule has 1 heterocycles. The summed E-state index contributed by atoms with van der Waals surface area (Å²) in [4.78, 5) is 18.1. The van der Waals surface area contributed by atoms with E-state index in [1.54, 1.807) is 12.4 Å². The Balaban J connectivity index is 2.41. The van der Waals surface area contributed by atoms with Crippen LogP contribution in [0.2, 0.25) is 0 Å². The molecule has 0 aliphatic rings. The van der Waals surface area contributed by atoms with E-state index in [0.29, 0.717) is 12.5 Å². The van der Waals surface area contributed by atoms with Gasteiger partial charge in [0.1, 0.15) is 0 Å². The summed E-state index contributed by atoms with van der Waals surface area (Å²) in [5, 5.41) is 5.60. The van der Waals surface area contributed by atoms with Gasteiger partial charge in [0, 0.05) is 24.9 Å². The van der Waals surface area contributed by atoms with Crippen LogP contribution in [-0.4, -0.2) is 29.5 Å². The van der Waals surface area contributed by atoms with Crippen LogP contribution in [0.3, 0.4) is 0 Å². The van der Waals surface area contributed by atoms with Crippen molar-refractivity contribution in [1.82, 2.24) is 15.3 Å². The molecule has 72 valence electrons. The molecule has 1 amide bonds. The summed E-state index contributed by atoms with van der Waals surface area (Å²) in [5.74, 6) is 0.396. The van der Waals surface area contributed by atoms with Crippen LogP contribution in [0.4, 0.5) is 5.95 Å². The van der Waals surface area contributed by atoms with Crippen molar-refractivity contribution in [2.24, 2.45) is 5.92 Å². The molecule has 0 radical (unpaired) electrons. The Morgan fingerprint density at radius 1 is 1.77 bits per heavy atom. The number of imidazole rings is 1. The first-order valence-corrected chi connectivity index (χ1v) is 4.19. The highest BCUT2D eigenvalue weighted by Gasteiger charge is 2.12. The number of hydrogen-bond donors (Lipinski definition) is 3. The van der Waals surface area contributed by atoms with Crippen molar-refractivity contribution in [2.45, 2.75) is 6.92 Å². The van der Waals surface area contributed by atoms with Crippen LogP contribution in [0.25, 0.3) is 0 Å². The summed E-state index contributed by atoms with van der Waals surface area (Å²) in [6, 6.07) is 0. The number of aromatic amines is 1. The van der Waals surface area contributed by atoms with E-state index in [-0.39, 0.29) is 11.8 Å². The van der Waals surface area contributed by atoms with Gasteiger partial charge in [-0.05, 0) is 7.05 Å². The Kier molecular flexibility index (Phi) is 3.45. The van der Waals surface area contributed by atoms with Gasteiger partial charge in [0.25, 0.3) is 0 Å². The molecule has 5 nitrogen and oxygen atoms in total. The maximum absolute atomic E-state index is 11.4. The summed E-state index contributed by atoms with van der Waals surface area (Å²) in [7, 11) is 1.82. The second-order valence-electron chi connectivity index (χ2n) is 2.89. The van der Waals surface area contributed by atoms with Gasteiger partial charge in [0.2, 0.25) is 11.9 Å². The summed E-state index contributed by atoms with van der Waals surface area (Å²) in [6.45, 7) is 2.52. The number of rotatable bonds is 4. The van der Waals surface area contributed by atoms with Gasteiger partial charge >= 0.3 is 0 Å². The third kappa shape index (κ3) is 2.87. The third-order valence-corrected chi connectivity index (χ3v) is 1.70. The highest BCUT2D eigenvalue weighted by molar-refractivity contribution is 5.90. The lowest BCUT2D eigenvalue weighted by atomic mass is 10.2. The number of nitrogens with zero attached hydrogens (tertiary/aromatic N) is 1. The van der Waals surface area contributed by atoms with E-state index in [4.69, 9.17) is 0 Å². The number of hydrogen-bond acceptors (Lipinski definition) is 3. The average Bonchev–Trinajstić information content (AvgIpc) is 2.57. The summed E-state index contributed by atoms with van der Waals surface area (Å²) < 4.78 is 0. The Hall–Kier alpha value is -1.36. The van der Waals surface area contributed by atoms with Crippen molar-refractivity contribution in [2.75, 3.05) is 18.9 Å². The topological polar surface area (TPSA) is 69.8 Å². The first-order chi connectivity index (χ1) is 6.24. The van der Waals surface area contributed by atoms with Gasteiger partial charge in [-0.1, -0.05) is 6.92 Å². The molecular weight excluding hydrogens is 168 g/mol. The molecule has 5 heteroatoms. The molecule has 0 saturated carbocycles. The van der Waals surface area contributed by atoms with E-state index in [0.717, 1.165) is 0 Å². The zero-order valence-corrected chi connectivity index (χ0v) is 7.79. The van der Waals surface area contributed by atoms with Gasteiger partial charge in [0.05, 0.1) is 0 Å². The van der Waals surface area contributed by atoms with Gasteiger partial charge in [-0.3, -0.25) is 10.1 Å². The van der Waals surface area contributed by atoms with Crippen molar-refractivity contribution in [3.8, 4) is 0 Å². The van der Waals surface area contributed by atoms with E-state index < -0.39 is 0 Å². The molecule has 1 rings (SSSR count). The van der Waals surface area contributed by atoms with E-state index in [2.05, 4.69) is 20.6 Å². The summed E-state index contributed by atoms with van der Waals surface area (Å²) in [5.41, 5.74) is 0. The number of carbonyl (C=O) groups is 1. The van der Waals surface area contributed by atoms with Crippen LogP contribution < -0.4 is 10.6 Å². The molecule has 0 aliphatic carbocycles. The minimum Gasteiger partial charge on any atom is -0.331 e. The zero-order valence-electron chi connectivity index (χ0n) is 7.79. The van der Waals surface area contributed by atoms with Crippen LogP contribution in [0.15, 0.2) is 12.4 Å². The molecule has 1 unspecified atom stereocenters. The van der Waals surface area contributed by atoms with Crippen molar-refractivity contribution in [3.05, 3.63) is 12.4 Å². The van der Waals surface area contributed by atoms with Crippen LogP contribution in [0.5, 0.6) is 0 Å². The third-order valence-electron chi connectivity index (χ3n) is 1.70. The average molecular weight is 182 g/mol. The number of nitrogens with one attached hydrogen (secondary N) is 3. The van der Waals surface area contributed by atoms with Crippen molar-refractivity contribution in [1.29, 1.82) is 0 Å². The fourth-order valence-corrected chi connectivity index (χ4v) is 0.972. The predicted octanol–water partition coefficient (Wildman–Crippen LogP) is 0.204. The Morgan fingerprint density at radius 2 is 2.54 bits per heavy atom. The quantitative estimate of drug-likeness (QED) is 0.623. The van der Waals surface area contributed by atoms with Crippen LogP contribution in [-0.2, 0) is 4.79 Å². The first-order valence-electron chi connectivity index (χ1n) is 4.19. The lowest BCUT2D eigenvalue weighted by molar-refractivity contribution is -0.119. The largest absolute Gasteiger partial charge is 0.331 e. The van der Waals surface area contributed by atoms with E-state index in [9.17, 15) is 4.79 Å². The second kappa shape index (κ2) is 4.61. The van der Waals surface area contributed by atoms with Crippen LogP contribution >= 0.6 is 0 Å². The maximum atomic E-state index is 11.4. The summed E-state index contributed by atoms with van der Waals surface area (Å²) in [6.07, 6.45) is 3.26. The number of amides is 1. The molecular formula is C8H14N4O. The molecule has 0 bridgehead atoms. The number of aromatic nitrogens is 2. The van der Waals surface area contributed by atoms with Gasteiger partial charge in [-0.2, -0.15) is 0 Å². The maximum Gasteiger partial charge on any atom is 0.230 e. The Labute approximate surface area is 76.9 Å². The minimum atomic E-state index is -0.0601. The standard InChI is InChI=1S/C8H14N4O/c1-6(5-9-2)7(13)12-8-10-3-4-11-8/h3-4,6,9H,5H2,1-2H3,(H2,10,11,12,13). The normalized spacial score (nSPS) is 12.5. The molecule has 13 heavy (non-hydrogen) atoms. The van der Waals surface area contributed by atoms with E-state index in [1.165, 1.54) is 0 Å². The van der Waals surface area contributed by atoms with E-state index >= 15 is 0 Å². The second-order valence-corrected chi connectivity index (χ2v) is 2.89. The number of anilines is 1. The fourth-order valence-electron chi connectivity index (χ4n) is 0.972. The first kappa shape index (κ1) is 9.73. The Bertz CT molecular complexity index is 257. The van der Waals surface area contributed by atoms with Gasteiger partial charge in [0.15, 0.2) is 0 Å². The molecule has 0 spiro atoms. The van der Waals surface area contributed by atoms with Gasteiger partial charge in [-0.25, -0.2) is 4.98 Å². The fraction of sp³-hybridized carbons (Fsp3) is 0.500. The predicted molar refractivity (Wildman–Crippen MR) is 50.3 cm³/mol. The smallest absolute Gasteiger partial charge is 0.230 e. The summed E-state index contributed by atoms with van der Waals surface area (Å²) >= 11 is 0. The highest BCUT2D eigenvalue weighted by Crippen LogP contribution is 2.00. The molecule has 3 N–H and O–H groups in total. The van der Waals surface area contributed by atoms with Crippen LogP contribution in [0.1, 0.15) is 6.92 Å². The number of carbonyl (C=O) groups excluding carboxylic acids is 1. The molecule has 0 aromatic carbocycles. The monoisotopic (exact) mass is 182 g/mol. The molecule has 0 aliphatic heterocycles. The number of H-pyrrole nitrogens is 1. The minimum absolute atomic E-state index is 0.0377. The van der Waals surface area contributed by atoms with Crippen molar-refractivity contribution in [3.63, 3.8) is 0 Å². The van der Waals surface area contributed by atoms with Crippen LogP contribution in [0, 0.1) is 5.92 Å². The van der Waals surface area contributed by atoms with E-state index in [1.807, 2.05) is 14.0 Å². The molecule has 0 saturated heterocycles. The molecule has 0 fully saturated rings. The van der Waals surface area contributed by atoms with Crippen molar-refractivity contribution >= 4 is 11.9 Å². The molecule has 1 aromatic rings. The molecule has 1 atom stereocenters. The lowest BCUT2D eigenvalue weighted by Gasteiger charge is -2.09. The molecule has 1 aromatic heterocycles. The van der Waals surface area contributed by atoms with Gasteiger partial charge < -0.3 is 10.3 Å². The zero-order chi connectivity index (χ0) is 9.68. The van der Waals surface area contributed by atoms with Gasteiger partial charge in [-0.15, -0.1) is 0 Å².